The molecule has 0 aromatic rings. The maximum absolute atomic E-state index is 4.56. The molecule has 3 nitrogen and oxygen atoms in total. The van der Waals surface area contributed by atoms with Gasteiger partial charge in [0.25, 0.3) is 0 Å². The Morgan fingerprint density at radius 2 is 1.71 bits per heavy atom. The minimum atomic E-state index is 0. The highest BCUT2D eigenvalue weighted by Gasteiger charge is 2.13. The second-order valence-electron chi connectivity index (χ2n) is 4.58. The molecule has 0 atom stereocenters. The van der Waals surface area contributed by atoms with Gasteiger partial charge >= 0.3 is 0 Å². The van der Waals surface area contributed by atoms with Crippen molar-refractivity contribution in [3.05, 3.63) is 0 Å². The van der Waals surface area contributed by atoms with E-state index in [1.54, 1.807) is 0 Å². The molecule has 0 saturated heterocycles. The van der Waals surface area contributed by atoms with Crippen molar-refractivity contribution >= 4 is 29.9 Å². The average molecular weight is 353 g/mol. The van der Waals surface area contributed by atoms with Crippen LogP contribution in [0.5, 0.6) is 0 Å². The molecule has 0 aromatic heterocycles. The first kappa shape index (κ1) is 17.0. The van der Waals surface area contributed by atoms with Crippen LogP contribution < -0.4 is 10.6 Å². The second kappa shape index (κ2) is 11.1. The molecule has 1 aliphatic rings. The Morgan fingerprint density at radius 1 is 1.12 bits per heavy atom. The van der Waals surface area contributed by atoms with Crippen LogP contribution in [0.3, 0.4) is 0 Å². The van der Waals surface area contributed by atoms with Gasteiger partial charge in [0.15, 0.2) is 5.96 Å². The van der Waals surface area contributed by atoms with Crippen molar-refractivity contribution in [3.8, 4) is 0 Å². The molecule has 0 bridgehead atoms. The summed E-state index contributed by atoms with van der Waals surface area (Å²) in [5.74, 6) is 1.97. The molecule has 0 heterocycles. The summed E-state index contributed by atoms with van der Waals surface area (Å²) in [6, 6.07) is 0. The van der Waals surface area contributed by atoms with Crippen LogP contribution >= 0.6 is 24.0 Å². The predicted molar refractivity (Wildman–Crippen MR) is 86.3 cm³/mol. The van der Waals surface area contributed by atoms with E-state index >= 15 is 0 Å². The quantitative estimate of drug-likeness (QED) is 0.333. The highest BCUT2D eigenvalue weighted by Crippen LogP contribution is 2.28. The van der Waals surface area contributed by atoms with E-state index in [4.69, 9.17) is 0 Å². The lowest BCUT2D eigenvalue weighted by Gasteiger charge is -2.10. The summed E-state index contributed by atoms with van der Waals surface area (Å²) in [7, 11) is 0. The molecule has 0 unspecified atom stereocenters. The fourth-order valence-electron chi connectivity index (χ4n) is 2.38. The summed E-state index contributed by atoms with van der Waals surface area (Å²) in [6.07, 6.45) is 8.43. The Bertz CT molecular complexity index is 193. The van der Waals surface area contributed by atoms with Crippen LogP contribution in [0.1, 0.15) is 52.4 Å². The fourth-order valence-corrected chi connectivity index (χ4v) is 2.38. The summed E-state index contributed by atoms with van der Waals surface area (Å²) in [5.41, 5.74) is 0. The van der Waals surface area contributed by atoms with E-state index in [1.807, 2.05) is 0 Å². The van der Waals surface area contributed by atoms with Gasteiger partial charge in [-0.3, -0.25) is 4.99 Å². The van der Waals surface area contributed by atoms with Crippen LogP contribution in [0.2, 0.25) is 0 Å². The molecular weight excluding hydrogens is 325 g/mol. The molecule has 0 amide bonds. The minimum Gasteiger partial charge on any atom is -0.357 e. The second-order valence-corrected chi connectivity index (χ2v) is 4.58. The normalized spacial score (nSPS) is 15.2. The molecule has 17 heavy (non-hydrogen) atoms. The number of hydrogen-bond acceptors (Lipinski definition) is 1. The third kappa shape index (κ3) is 7.84. The lowest BCUT2D eigenvalue weighted by Crippen LogP contribution is -2.37. The number of halogens is 1. The van der Waals surface area contributed by atoms with Gasteiger partial charge in [-0.1, -0.05) is 25.7 Å². The molecule has 1 fully saturated rings. The summed E-state index contributed by atoms with van der Waals surface area (Å²) in [6.45, 7) is 7.05. The summed E-state index contributed by atoms with van der Waals surface area (Å²) < 4.78 is 0. The highest BCUT2D eigenvalue weighted by molar-refractivity contribution is 14.0. The van der Waals surface area contributed by atoms with E-state index in [0.29, 0.717) is 0 Å². The smallest absolute Gasteiger partial charge is 0.191 e. The maximum Gasteiger partial charge on any atom is 0.191 e. The maximum atomic E-state index is 4.56. The number of guanidine groups is 1. The molecule has 2 N–H and O–H groups in total. The number of rotatable bonds is 6. The van der Waals surface area contributed by atoms with Crippen molar-refractivity contribution in [3.63, 3.8) is 0 Å². The molecule has 1 rings (SSSR count). The minimum absolute atomic E-state index is 0. The molecule has 4 heteroatoms. The molecule has 1 saturated carbocycles. The molecule has 0 spiro atoms. The molecule has 102 valence electrons. The van der Waals surface area contributed by atoms with Crippen LogP contribution in [-0.2, 0) is 0 Å². The van der Waals surface area contributed by atoms with Crippen LogP contribution in [0.4, 0.5) is 0 Å². The lowest BCUT2D eigenvalue weighted by atomic mass is 10.0. The van der Waals surface area contributed by atoms with Crippen molar-refractivity contribution in [1.82, 2.24) is 10.6 Å². The van der Waals surface area contributed by atoms with Gasteiger partial charge in [-0.25, -0.2) is 0 Å². The van der Waals surface area contributed by atoms with Gasteiger partial charge in [0, 0.05) is 19.6 Å². The van der Waals surface area contributed by atoms with Crippen LogP contribution in [0, 0.1) is 5.92 Å². The monoisotopic (exact) mass is 353 g/mol. The molecule has 1 aliphatic carbocycles. The van der Waals surface area contributed by atoms with E-state index in [-0.39, 0.29) is 24.0 Å². The van der Waals surface area contributed by atoms with Gasteiger partial charge in [0.1, 0.15) is 0 Å². The van der Waals surface area contributed by atoms with E-state index in [9.17, 15) is 0 Å². The Balaban J connectivity index is 0.00000256. The van der Waals surface area contributed by atoms with Gasteiger partial charge in [-0.05, 0) is 32.6 Å². The third-order valence-electron chi connectivity index (χ3n) is 3.20. The Kier molecular flexibility index (Phi) is 11.1. The fraction of sp³-hybridized carbons (Fsp3) is 0.923. The molecular formula is C13H28IN3. The zero-order valence-corrected chi connectivity index (χ0v) is 13.6. The largest absolute Gasteiger partial charge is 0.357 e. The van der Waals surface area contributed by atoms with Crippen LogP contribution in [-0.4, -0.2) is 25.6 Å². The first-order valence-electron chi connectivity index (χ1n) is 6.89. The Labute approximate surface area is 123 Å². The van der Waals surface area contributed by atoms with Crippen molar-refractivity contribution < 1.29 is 0 Å². The van der Waals surface area contributed by atoms with Crippen molar-refractivity contribution in [2.45, 2.75) is 52.4 Å². The molecule has 0 radical (unpaired) electrons. The lowest BCUT2D eigenvalue weighted by molar-refractivity contribution is 0.487. The third-order valence-corrected chi connectivity index (χ3v) is 3.20. The Morgan fingerprint density at radius 3 is 2.24 bits per heavy atom. The van der Waals surface area contributed by atoms with E-state index in [2.05, 4.69) is 29.5 Å². The molecule has 0 aromatic carbocycles. The zero-order valence-electron chi connectivity index (χ0n) is 11.3. The van der Waals surface area contributed by atoms with Gasteiger partial charge in [-0.2, -0.15) is 0 Å². The first-order valence-corrected chi connectivity index (χ1v) is 6.89. The number of aliphatic imine (C=N–C) groups is 1. The number of hydrogen-bond donors (Lipinski definition) is 2. The first-order chi connectivity index (χ1) is 7.86. The molecule has 0 aliphatic heterocycles. The highest BCUT2D eigenvalue weighted by atomic mass is 127. The van der Waals surface area contributed by atoms with Gasteiger partial charge in [0.05, 0.1) is 0 Å². The van der Waals surface area contributed by atoms with E-state index in [0.717, 1.165) is 31.5 Å². The topological polar surface area (TPSA) is 36.4 Å². The average Bonchev–Trinajstić information content (AvgIpc) is 2.78. The van der Waals surface area contributed by atoms with Crippen molar-refractivity contribution in [1.29, 1.82) is 0 Å². The number of nitrogens with one attached hydrogen (secondary N) is 2. The zero-order chi connectivity index (χ0) is 11.6. The van der Waals surface area contributed by atoms with Gasteiger partial charge < -0.3 is 10.6 Å². The summed E-state index contributed by atoms with van der Waals surface area (Å²) in [4.78, 5) is 4.56. The summed E-state index contributed by atoms with van der Waals surface area (Å²) >= 11 is 0. The van der Waals surface area contributed by atoms with Gasteiger partial charge in [0.2, 0.25) is 0 Å². The SMILES string of the molecule is CCNC(=NCCCC1CCCC1)NCC.I. The Hall–Kier alpha value is 0. The standard InChI is InChI=1S/C13H27N3.HI/c1-3-14-13(15-4-2)16-11-7-10-12-8-5-6-9-12;/h12H,3-11H2,1-2H3,(H2,14,15,16);1H. The summed E-state index contributed by atoms with van der Waals surface area (Å²) in [5, 5.41) is 6.50. The van der Waals surface area contributed by atoms with Crippen molar-refractivity contribution in [2.24, 2.45) is 10.9 Å². The van der Waals surface area contributed by atoms with E-state index in [1.165, 1.54) is 38.5 Å². The van der Waals surface area contributed by atoms with Crippen LogP contribution in [0.25, 0.3) is 0 Å². The van der Waals surface area contributed by atoms with Crippen molar-refractivity contribution in [2.75, 3.05) is 19.6 Å². The number of nitrogens with zero attached hydrogens (tertiary/aromatic N) is 1. The van der Waals surface area contributed by atoms with Gasteiger partial charge in [-0.15, -0.1) is 24.0 Å². The van der Waals surface area contributed by atoms with E-state index < -0.39 is 0 Å². The predicted octanol–water partition coefficient (Wildman–Crippen LogP) is 3.15. The van der Waals surface area contributed by atoms with Crippen LogP contribution in [0.15, 0.2) is 4.99 Å².